The number of anilines is 1. The standard InChI is InChI=1S/C19H20N2O2S/c1-24-17-5-3-2-4-16(17)19(23)20-12-13-6-10-15(11-7-13)21-18(22)14-8-9-14/h2-7,10-11,14H,8-9,12H2,1H3,(H,20,23)(H,21,22). The summed E-state index contributed by atoms with van der Waals surface area (Å²) in [6, 6.07) is 15.2. The van der Waals surface area contributed by atoms with Gasteiger partial charge in [-0.15, -0.1) is 11.8 Å². The Morgan fingerprint density at radius 1 is 1.08 bits per heavy atom. The molecule has 124 valence electrons. The summed E-state index contributed by atoms with van der Waals surface area (Å²) >= 11 is 1.56. The minimum atomic E-state index is -0.0777. The predicted octanol–water partition coefficient (Wildman–Crippen LogP) is 3.69. The van der Waals surface area contributed by atoms with Crippen molar-refractivity contribution in [1.29, 1.82) is 0 Å². The van der Waals surface area contributed by atoms with Gasteiger partial charge in [0.25, 0.3) is 5.91 Å². The first kappa shape index (κ1) is 16.6. The Morgan fingerprint density at radius 2 is 1.79 bits per heavy atom. The van der Waals surface area contributed by atoms with Crippen molar-refractivity contribution in [2.45, 2.75) is 24.3 Å². The van der Waals surface area contributed by atoms with Crippen LogP contribution in [0.5, 0.6) is 0 Å². The van der Waals surface area contributed by atoms with Gasteiger partial charge in [0.2, 0.25) is 5.91 Å². The number of benzene rings is 2. The highest BCUT2D eigenvalue weighted by molar-refractivity contribution is 7.98. The summed E-state index contributed by atoms with van der Waals surface area (Å²) in [4.78, 5) is 25.0. The van der Waals surface area contributed by atoms with Crippen LogP contribution in [0.2, 0.25) is 0 Å². The molecule has 5 heteroatoms. The Bertz CT molecular complexity index is 739. The molecule has 0 atom stereocenters. The monoisotopic (exact) mass is 340 g/mol. The van der Waals surface area contributed by atoms with E-state index in [1.807, 2.05) is 54.8 Å². The van der Waals surface area contributed by atoms with Gasteiger partial charge in [0, 0.05) is 23.0 Å². The van der Waals surface area contributed by atoms with Gasteiger partial charge in [0.15, 0.2) is 0 Å². The van der Waals surface area contributed by atoms with E-state index in [1.54, 1.807) is 11.8 Å². The van der Waals surface area contributed by atoms with Crippen molar-refractivity contribution < 1.29 is 9.59 Å². The largest absolute Gasteiger partial charge is 0.348 e. The molecule has 3 rings (SSSR count). The minimum absolute atomic E-state index is 0.0777. The number of thioether (sulfide) groups is 1. The highest BCUT2D eigenvalue weighted by Gasteiger charge is 2.29. The quantitative estimate of drug-likeness (QED) is 0.789. The predicted molar refractivity (Wildman–Crippen MR) is 97.2 cm³/mol. The second-order valence-electron chi connectivity index (χ2n) is 5.84. The summed E-state index contributed by atoms with van der Waals surface area (Å²) in [5.41, 5.74) is 2.49. The molecule has 24 heavy (non-hydrogen) atoms. The van der Waals surface area contributed by atoms with Crippen molar-refractivity contribution in [1.82, 2.24) is 5.32 Å². The molecule has 1 aliphatic carbocycles. The lowest BCUT2D eigenvalue weighted by atomic mass is 10.1. The molecule has 0 heterocycles. The van der Waals surface area contributed by atoms with Gasteiger partial charge in [-0.3, -0.25) is 9.59 Å². The summed E-state index contributed by atoms with van der Waals surface area (Å²) in [7, 11) is 0. The van der Waals surface area contributed by atoms with Crippen LogP contribution in [0.1, 0.15) is 28.8 Å². The molecule has 4 nitrogen and oxygen atoms in total. The Balaban J connectivity index is 1.56. The van der Waals surface area contributed by atoms with Gasteiger partial charge in [0.05, 0.1) is 5.56 Å². The Labute approximate surface area is 146 Å². The van der Waals surface area contributed by atoms with Crippen LogP contribution in [0, 0.1) is 5.92 Å². The zero-order valence-electron chi connectivity index (χ0n) is 13.5. The topological polar surface area (TPSA) is 58.2 Å². The third-order valence-electron chi connectivity index (χ3n) is 3.97. The molecule has 2 amide bonds. The Hall–Kier alpha value is -2.27. The van der Waals surface area contributed by atoms with Gasteiger partial charge >= 0.3 is 0 Å². The summed E-state index contributed by atoms with van der Waals surface area (Å²) < 4.78 is 0. The van der Waals surface area contributed by atoms with Gasteiger partial charge in [0.1, 0.15) is 0 Å². The second kappa shape index (κ2) is 7.53. The number of amides is 2. The van der Waals surface area contributed by atoms with E-state index in [1.165, 1.54) is 0 Å². The average molecular weight is 340 g/mol. The summed E-state index contributed by atoms with van der Waals surface area (Å²) in [5.74, 6) is 0.219. The molecule has 0 saturated heterocycles. The van der Waals surface area contributed by atoms with Crippen LogP contribution in [-0.2, 0) is 11.3 Å². The molecule has 0 radical (unpaired) electrons. The first-order valence-electron chi connectivity index (χ1n) is 7.98. The first-order chi connectivity index (χ1) is 11.7. The third kappa shape index (κ3) is 4.17. The van der Waals surface area contributed by atoms with Crippen molar-refractivity contribution in [3.05, 3.63) is 59.7 Å². The molecular formula is C19H20N2O2S. The zero-order valence-corrected chi connectivity index (χ0v) is 14.4. The number of rotatable bonds is 6. The minimum Gasteiger partial charge on any atom is -0.348 e. The lowest BCUT2D eigenvalue weighted by molar-refractivity contribution is -0.117. The van der Waals surface area contributed by atoms with Crippen LogP contribution in [0.4, 0.5) is 5.69 Å². The van der Waals surface area contributed by atoms with E-state index in [0.29, 0.717) is 12.1 Å². The normalized spacial score (nSPS) is 13.4. The summed E-state index contributed by atoms with van der Waals surface area (Å²) in [5, 5.41) is 5.85. The van der Waals surface area contributed by atoms with Gasteiger partial charge in [-0.05, 0) is 48.9 Å². The molecule has 0 aromatic heterocycles. The Morgan fingerprint density at radius 3 is 2.46 bits per heavy atom. The van der Waals surface area contributed by atoms with Gasteiger partial charge < -0.3 is 10.6 Å². The summed E-state index contributed by atoms with van der Waals surface area (Å²) in [6.07, 6.45) is 3.95. The smallest absolute Gasteiger partial charge is 0.252 e. The molecule has 0 bridgehead atoms. The molecule has 2 aromatic carbocycles. The average Bonchev–Trinajstić information content (AvgIpc) is 3.46. The molecular weight excluding hydrogens is 320 g/mol. The molecule has 1 aliphatic rings. The maximum atomic E-state index is 12.3. The van der Waals surface area contributed by atoms with E-state index in [2.05, 4.69) is 10.6 Å². The van der Waals surface area contributed by atoms with E-state index < -0.39 is 0 Å². The molecule has 0 spiro atoms. The fraction of sp³-hybridized carbons (Fsp3) is 0.263. The molecule has 1 saturated carbocycles. The Kier molecular flexibility index (Phi) is 5.20. The molecule has 0 aliphatic heterocycles. The maximum absolute atomic E-state index is 12.3. The van der Waals surface area contributed by atoms with Crippen LogP contribution < -0.4 is 10.6 Å². The number of carbonyl (C=O) groups excluding carboxylic acids is 2. The van der Waals surface area contributed by atoms with Crippen LogP contribution >= 0.6 is 11.8 Å². The number of hydrogen-bond acceptors (Lipinski definition) is 3. The molecule has 2 N–H and O–H groups in total. The van der Waals surface area contributed by atoms with E-state index in [-0.39, 0.29) is 17.7 Å². The van der Waals surface area contributed by atoms with Crippen LogP contribution in [0.15, 0.2) is 53.4 Å². The van der Waals surface area contributed by atoms with E-state index in [9.17, 15) is 9.59 Å². The maximum Gasteiger partial charge on any atom is 0.252 e. The van der Waals surface area contributed by atoms with Gasteiger partial charge in [-0.25, -0.2) is 0 Å². The molecule has 1 fully saturated rings. The zero-order chi connectivity index (χ0) is 16.9. The fourth-order valence-corrected chi connectivity index (χ4v) is 3.00. The second-order valence-corrected chi connectivity index (χ2v) is 6.69. The lowest BCUT2D eigenvalue weighted by Crippen LogP contribution is -2.23. The SMILES string of the molecule is CSc1ccccc1C(=O)NCc1ccc(NC(=O)C2CC2)cc1. The number of hydrogen-bond donors (Lipinski definition) is 2. The third-order valence-corrected chi connectivity index (χ3v) is 4.77. The molecule has 0 unspecified atom stereocenters. The van der Waals surface area contributed by atoms with Crippen molar-refractivity contribution in [2.75, 3.05) is 11.6 Å². The van der Waals surface area contributed by atoms with Crippen LogP contribution in [-0.4, -0.2) is 18.1 Å². The van der Waals surface area contributed by atoms with E-state index >= 15 is 0 Å². The van der Waals surface area contributed by atoms with Crippen molar-refractivity contribution in [3.63, 3.8) is 0 Å². The summed E-state index contributed by atoms with van der Waals surface area (Å²) in [6.45, 7) is 0.457. The van der Waals surface area contributed by atoms with Crippen LogP contribution in [0.25, 0.3) is 0 Å². The van der Waals surface area contributed by atoms with Gasteiger partial charge in [-0.1, -0.05) is 24.3 Å². The van der Waals surface area contributed by atoms with Crippen molar-refractivity contribution in [2.24, 2.45) is 5.92 Å². The van der Waals surface area contributed by atoms with Crippen LogP contribution in [0.3, 0.4) is 0 Å². The molecule has 2 aromatic rings. The lowest BCUT2D eigenvalue weighted by Gasteiger charge is -2.09. The van der Waals surface area contributed by atoms with Crippen molar-refractivity contribution in [3.8, 4) is 0 Å². The number of nitrogens with one attached hydrogen (secondary N) is 2. The highest BCUT2D eigenvalue weighted by atomic mass is 32.2. The first-order valence-corrected chi connectivity index (χ1v) is 9.21. The number of carbonyl (C=O) groups is 2. The highest BCUT2D eigenvalue weighted by Crippen LogP contribution is 2.30. The van der Waals surface area contributed by atoms with Crippen molar-refractivity contribution >= 4 is 29.3 Å². The van der Waals surface area contributed by atoms with Gasteiger partial charge in [-0.2, -0.15) is 0 Å². The fourth-order valence-electron chi connectivity index (χ4n) is 2.41. The van der Waals surface area contributed by atoms with E-state index in [4.69, 9.17) is 0 Å². The van der Waals surface area contributed by atoms with E-state index in [0.717, 1.165) is 29.0 Å².